The third-order valence-electron chi connectivity index (χ3n) is 3.31. The minimum atomic E-state index is 0. The molecule has 0 bridgehead atoms. The van der Waals surface area contributed by atoms with Gasteiger partial charge in [0, 0.05) is 11.3 Å². The fourth-order valence-corrected chi connectivity index (χ4v) is 2.47. The van der Waals surface area contributed by atoms with Gasteiger partial charge in [0.2, 0.25) is 0 Å². The van der Waals surface area contributed by atoms with Crippen molar-refractivity contribution in [1.82, 2.24) is 9.38 Å². The Morgan fingerprint density at radius 2 is 2.00 bits per heavy atom. The Hall–Kier alpha value is -1.35. The molecule has 1 aliphatic carbocycles. The molecular weight excluding hydrogens is 236 g/mol. The highest BCUT2D eigenvalue weighted by atomic mass is 35.5. The van der Waals surface area contributed by atoms with Crippen molar-refractivity contribution in [3.8, 4) is 0 Å². The molecule has 0 spiro atoms. The fraction of sp³-hybridized carbons (Fsp3) is 0.385. The monoisotopic (exact) mass is 250 g/mol. The molecule has 0 unspecified atom stereocenters. The van der Waals surface area contributed by atoms with Crippen LogP contribution in [0.15, 0.2) is 23.0 Å². The first kappa shape index (κ1) is 12.1. The number of rotatable bonds is 0. The van der Waals surface area contributed by atoms with Crippen LogP contribution in [-0.2, 0) is 12.8 Å². The average molecular weight is 251 g/mol. The topological polar surface area (TPSA) is 34.4 Å². The van der Waals surface area contributed by atoms with E-state index in [9.17, 15) is 4.79 Å². The van der Waals surface area contributed by atoms with Gasteiger partial charge in [0.1, 0.15) is 5.65 Å². The van der Waals surface area contributed by atoms with Crippen molar-refractivity contribution in [3.05, 3.63) is 45.5 Å². The second-order valence-electron chi connectivity index (χ2n) is 4.41. The molecule has 0 amide bonds. The molecule has 2 aromatic rings. The lowest BCUT2D eigenvalue weighted by atomic mass is 9.97. The van der Waals surface area contributed by atoms with Crippen LogP contribution in [0.3, 0.4) is 0 Å². The van der Waals surface area contributed by atoms with Gasteiger partial charge >= 0.3 is 0 Å². The van der Waals surface area contributed by atoms with Gasteiger partial charge in [-0.3, -0.25) is 9.20 Å². The van der Waals surface area contributed by atoms with E-state index in [4.69, 9.17) is 0 Å². The number of hydrogen-bond acceptors (Lipinski definition) is 2. The standard InChI is InChI=1S/C13H14N2O.ClH/c1-9-5-4-8-12-14-11-7-3-2-6-10(11)13(16)15(9)12;/h4-5,8H,2-3,6-7H2,1H3;1H. The molecule has 0 radical (unpaired) electrons. The molecule has 0 fully saturated rings. The largest absolute Gasteiger partial charge is 0.269 e. The van der Waals surface area contributed by atoms with Gasteiger partial charge in [-0.05, 0) is 44.7 Å². The summed E-state index contributed by atoms with van der Waals surface area (Å²) in [7, 11) is 0. The summed E-state index contributed by atoms with van der Waals surface area (Å²) in [5.74, 6) is 0. The van der Waals surface area contributed by atoms with Crippen LogP contribution in [0, 0.1) is 6.92 Å². The van der Waals surface area contributed by atoms with E-state index in [0.717, 1.165) is 48.3 Å². The summed E-state index contributed by atoms with van der Waals surface area (Å²) >= 11 is 0. The second-order valence-corrected chi connectivity index (χ2v) is 4.41. The SMILES string of the molecule is Cc1cccc2nc3c(c(=O)n12)CCCC3.Cl. The van der Waals surface area contributed by atoms with Crippen LogP contribution < -0.4 is 5.56 Å². The lowest BCUT2D eigenvalue weighted by molar-refractivity contribution is 0.655. The summed E-state index contributed by atoms with van der Waals surface area (Å²) in [5.41, 5.74) is 3.83. The Kier molecular flexibility index (Phi) is 3.20. The van der Waals surface area contributed by atoms with Crippen LogP contribution in [0.5, 0.6) is 0 Å². The molecule has 17 heavy (non-hydrogen) atoms. The lowest BCUT2D eigenvalue weighted by Crippen LogP contribution is -2.25. The highest BCUT2D eigenvalue weighted by Gasteiger charge is 2.16. The molecule has 3 nitrogen and oxygen atoms in total. The van der Waals surface area contributed by atoms with E-state index >= 15 is 0 Å². The van der Waals surface area contributed by atoms with Crippen LogP contribution >= 0.6 is 12.4 Å². The Labute approximate surface area is 106 Å². The first-order valence-corrected chi connectivity index (χ1v) is 5.77. The number of halogens is 1. The fourth-order valence-electron chi connectivity index (χ4n) is 2.47. The molecule has 0 saturated carbocycles. The van der Waals surface area contributed by atoms with Crippen LogP contribution in [0.25, 0.3) is 5.65 Å². The first-order chi connectivity index (χ1) is 7.77. The maximum atomic E-state index is 12.3. The highest BCUT2D eigenvalue weighted by molar-refractivity contribution is 5.85. The second kappa shape index (κ2) is 4.49. The average Bonchev–Trinajstić information content (AvgIpc) is 2.29. The lowest BCUT2D eigenvalue weighted by Gasteiger charge is -2.15. The molecule has 2 heterocycles. The Bertz CT molecular complexity index is 619. The maximum Gasteiger partial charge on any atom is 0.261 e. The van der Waals surface area contributed by atoms with Gasteiger partial charge < -0.3 is 0 Å². The Morgan fingerprint density at radius 1 is 1.24 bits per heavy atom. The molecule has 0 aromatic carbocycles. The first-order valence-electron chi connectivity index (χ1n) is 5.77. The summed E-state index contributed by atoms with van der Waals surface area (Å²) in [6.07, 6.45) is 4.11. The third-order valence-corrected chi connectivity index (χ3v) is 3.31. The number of aryl methyl sites for hydroxylation is 2. The van der Waals surface area contributed by atoms with Gasteiger partial charge in [0.15, 0.2) is 0 Å². The predicted octanol–water partition coefficient (Wildman–Crippen LogP) is 2.30. The number of fused-ring (bicyclic) bond motifs is 2. The summed E-state index contributed by atoms with van der Waals surface area (Å²) in [4.78, 5) is 16.9. The van der Waals surface area contributed by atoms with Crippen LogP contribution in [0.2, 0.25) is 0 Å². The van der Waals surface area contributed by atoms with E-state index in [1.165, 1.54) is 0 Å². The van der Waals surface area contributed by atoms with Crippen LogP contribution in [0.4, 0.5) is 0 Å². The molecule has 1 aliphatic rings. The zero-order chi connectivity index (χ0) is 11.1. The molecule has 3 rings (SSSR count). The van der Waals surface area contributed by atoms with Gasteiger partial charge in [0.25, 0.3) is 5.56 Å². The highest BCUT2D eigenvalue weighted by Crippen LogP contribution is 2.17. The molecule has 0 atom stereocenters. The van der Waals surface area contributed by atoms with Crippen molar-refractivity contribution in [3.63, 3.8) is 0 Å². The summed E-state index contributed by atoms with van der Waals surface area (Å²) in [6.45, 7) is 1.95. The molecule has 2 aromatic heterocycles. The van der Waals surface area contributed by atoms with Gasteiger partial charge in [-0.15, -0.1) is 12.4 Å². The molecule has 4 heteroatoms. The van der Waals surface area contributed by atoms with Gasteiger partial charge in [-0.2, -0.15) is 0 Å². The molecule has 0 N–H and O–H groups in total. The smallest absolute Gasteiger partial charge is 0.261 e. The van der Waals surface area contributed by atoms with Crippen LogP contribution in [0.1, 0.15) is 29.8 Å². The predicted molar refractivity (Wildman–Crippen MR) is 70.1 cm³/mol. The summed E-state index contributed by atoms with van der Waals surface area (Å²) in [5, 5.41) is 0. The van der Waals surface area contributed by atoms with Crippen molar-refractivity contribution >= 4 is 18.1 Å². The van der Waals surface area contributed by atoms with E-state index in [0.29, 0.717) is 0 Å². The molecule has 90 valence electrons. The van der Waals surface area contributed by atoms with E-state index in [-0.39, 0.29) is 18.0 Å². The zero-order valence-corrected chi connectivity index (χ0v) is 10.6. The minimum Gasteiger partial charge on any atom is -0.269 e. The Morgan fingerprint density at radius 3 is 2.82 bits per heavy atom. The zero-order valence-electron chi connectivity index (χ0n) is 9.77. The van der Waals surface area contributed by atoms with Crippen molar-refractivity contribution in [1.29, 1.82) is 0 Å². The van der Waals surface area contributed by atoms with Crippen molar-refractivity contribution in [2.45, 2.75) is 32.6 Å². The number of pyridine rings is 1. The van der Waals surface area contributed by atoms with Crippen LogP contribution in [-0.4, -0.2) is 9.38 Å². The maximum absolute atomic E-state index is 12.3. The van der Waals surface area contributed by atoms with E-state index < -0.39 is 0 Å². The molecular formula is C13H15ClN2O. The molecule has 0 saturated heterocycles. The van der Waals surface area contributed by atoms with E-state index in [2.05, 4.69) is 4.98 Å². The third kappa shape index (κ3) is 1.84. The number of nitrogens with zero attached hydrogens (tertiary/aromatic N) is 2. The van der Waals surface area contributed by atoms with Gasteiger partial charge in [-0.1, -0.05) is 6.07 Å². The van der Waals surface area contributed by atoms with Gasteiger partial charge in [-0.25, -0.2) is 4.98 Å². The van der Waals surface area contributed by atoms with Gasteiger partial charge in [0.05, 0.1) is 5.69 Å². The van der Waals surface area contributed by atoms with Crippen molar-refractivity contribution in [2.75, 3.05) is 0 Å². The van der Waals surface area contributed by atoms with E-state index in [1.807, 2.05) is 25.1 Å². The summed E-state index contributed by atoms with van der Waals surface area (Å²) < 4.78 is 1.73. The van der Waals surface area contributed by atoms with E-state index in [1.54, 1.807) is 4.40 Å². The normalized spacial score (nSPS) is 14.2. The molecule has 0 aliphatic heterocycles. The summed E-state index contributed by atoms with van der Waals surface area (Å²) in [6, 6.07) is 5.81. The quantitative estimate of drug-likeness (QED) is 0.719. The Balaban J connectivity index is 0.00000108. The van der Waals surface area contributed by atoms with Crippen molar-refractivity contribution < 1.29 is 0 Å². The number of aromatic nitrogens is 2. The number of hydrogen-bond donors (Lipinski definition) is 0. The van der Waals surface area contributed by atoms with Crippen molar-refractivity contribution in [2.24, 2.45) is 0 Å². The minimum absolute atomic E-state index is 0.